The third kappa shape index (κ3) is 3.98. The van der Waals surface area contributed by atoms with Gasteiger partial charge in [-0.1, -0.05) is 11.6 Å². The first kappa shape index (κ1) is 20.9. The van der Waals surface area contributed by atoms with Gasteiger partial charge in [0, 0.05) is 24.7 Å². The zero-order chi connectivity index (χ0) is 18.4. The van der Waals surface area contributed by atoms with Crippen LogP contribution >= 0.6 is 24.0 Å². The van der Waals surface area contributed by atoms with E-state index in [0.29, 0.717) is 18.8 Å². The van der Waals surface area contributed by atoms with E-state index >= 15 is 0 Å². The first-order valence-electron chi connectivity index (χ1n) is 9.24. The number of carbonyl (C=O) groups is 1. The highest BCUT2D eigenvalue weighted by molar-refractivity contribution is 7.89. The highest BCUT2D eigenvalue weighted by atomic mass is 35.5. The van der Waals surface area contributed by atoms with Crippen LogP contribution in [0.1, 0.15) is 32.1 Å². The molecule has 0 bridgehead atoms. The molecule has 3 fully saturated rings. The molecule has 1 atom stereocenters. The molecule has 1 saturated carbocycles. The third-order valence-corrected chi connectivity index (χ3v) is 8.37. The van der Waals surface area contributed by atoms with Crippen LogP contribution in [0.25, 0.3) is 0 Å². The van der Waals surface area contributed by atoms with Gasteiger partial charge in [0.1, 0.15) is 4.90 Å². The van der Waals surface area contributed by atoms with Gasteiger partial charge in [0.05, 0.1) is 5.02 Å². The molecule has 1 aromatic carbocycles. The first-order chi connectivity index (χ1) is 12.4. The Morgan fingerprint density at radius 1 is 1.22 bits per heavy atom. The minimum atomic E-state index is -3.62. The maximum absolute atomic E-state index is 12.8. The summed E-state index contributed by atoms with van der Waals surface area (Å²) in [5.41, 5.74) is 0.639. The summed E-state index contributed by atoms with van der Waals surface area (Å²) in [6.07, 6.45) is 4.71. The van der Waals surface area contributed by atoms with Gasteiger partial charge < -0.3 is 10.6 Å². The fraction of sp³-hybridized carbons (Fsp3) is 0.611. The van der Waals surface area contributed by atoms with E-state index in [4.69, 9.17) is 11.6 Å². The topological polar surface area (TPSA) is 78.5 Å². The number of carbonyl (C=O) groups excluding carboxylic acids is 1. The second kappa shape index (κ2) is 7.87. The molecule has 1 aliphatic carbocycles. The van der Waals surface area contributed by atoms with Crippen molar-refractivity contribution in [1.29, 1.82) is 0 Å². The number of nitrogens with one attached hydrogen (secondary N) is 2. The Kier molecular flexibility index (Phi) is 6.08. The van der Waals surface area contributed by atoms with Crippen LogP contribution in [0.5, 0.6) is 0 Å². The molecule has 6 nitrogen and oxygen atoms in total. The molecule has 0 aromatic heterocycles. The van der Waals surface area contributed by atoms with E-state index in [2.05, 4.69) is 10.6 Å². The lowest BCUT2D eigenvalue weighted by Crippen LogP contribution is -2.31. The van der Waals surface area contributed by atoms with Crippen LogP contribution in [0.4, 0.5) is 5.69 Å². The van der Waals surface area contributed by atoms with Gasteiger partial charge in [-0.15, -0.1) is 12.4 Å². The highest BCUT2D eigenvalue weighted by Crippen LogP contribution is 2.58. The smallest absolute Gasteiger partial charge is 0.244 e. The Balaban J connectivity index is 0.00000210. The first-order valence-corrected chi connectivity index (χ1v) is 11.1. The Morgan fingerprint density at radius 3 is 2.56 bits per heavy atom. The maximum atomic E-state index is 12.8. The molecule has 2 saturated heterocycles. The quantitative estimate of drug-likeness (QED) is 0.764. The average molecular weight is 434 g/mol. The summed E-state index contributed by atoms with van der Waals surface area (Å²) in [6.45, 7) is 2.97. The van der Waals surface area contributed by atoms with Gasteiger partial charge in [0.25, 0.3) is 0 Å². The molecule has 27 heavy (non-hydrogen) atoms. The minimum absolute atomic E-state index is 0. The predicted octanol–water partition coefficient (Wildman–Crippen LogP) is 2.87. The van der Waals surface area contributed by atoms with Crippen LogP contribution in [0.2, 0.25) is 5.02 Å². The van der Waals surface area contributed by atoms with E-state index in [1.54, 1.807) is 12.1 Å². The zero-order valence-corrected chi connectivity index (χ0v) is 17.4. The lowest BCUT2D eigenvalue weighted by molar-refractivity contribution is -0.118. The minimum Gasteiger partial charge on any atom is -0.326 e. The summed E-state index contributed by atoms with van der Waals surface area (Å²) < 4.78 is 27.1. The maximum Gasteiger partial charge on any atom is 0.244 e. The number of nitrogens with zero attached hydrogens (tertiary/aromatic N) is 1. The van der Waals surface area contributed by atoms with E-state index in [-0.39, 0.29) is 39.6 Å². The average Bonchev–Trinajstić information content (AvgIpc) is 3.07. The second-order valence-corrected chi connectivity index (χ2v) is 9.93. The zero-order valence-electron chi connectivity index (χ0n) is 15.0. The molecule has 3 aliphatic rings. The van der Waals surface area contributed by atoms with Gasteiger partial charge in [-0.2, -0.15) is 4.31 Å². The molecule has 1 amide bonds. The van der Waals surface area contributed by atoms with E-state index in [1.807, 2.05) is 0 Å². The van der Waals surface area contributed by atoms with E-state index < -0.39 is 10.0 Å². The fourth-order valence-electron chi connectivity index (χ4n) is 4.27. The fourth-order valence-corrected chi connectivity index (χ4v) is 6.29. The number of amides is 1. The van der Waals surface area contributed by atoms with Crippen molar-refractivity contribution in [2.24, 2.45) is 11.3 Å². The van der Waals surface area contributed by atoms with Crippen molar-refractivity contribution in [1.82, 2.24) is 9.62 Å². The molecule has 9 heteroatoms. The molecular formula is C18H25Cl2N3O3S. The van der Waals surface area contributed by atoms with E-state index in [0.717, 1.165) is 45.2 Å². The highest BCUT2D eigenvalue weighted by Gasteiger charge is 2.57. The van der Waals surface area contributed by atoms with Gasteiger partial charge in [-0.25, -0.2) is 8.42 Å². The van der Waals surface area contributed by atoms with Crippen molar-refractivity contribution in [3.05, 3.63) is 23.2 Å². The number of hydrogen-bond acceptors (Lipinski definition) is 4. The normalized spacial score (nSPS) is 24.4. The third-order valence-electron chi connectivity index (χ3n) is 5.99. The van der Waals surface area contributed by atoms with Gasteiger partial charge in [0.15, 0.2) is 0 Å². The van der Waals surface area contributed by atoms with Crippen molar-refractivity contribution in [2.45, 2.75) is 37.0 Å². The number of hydrogen-bond donors (Lipinski definition) is 2. The second-order valence-electron chi connectivity index (χ2n) is 7.61. The summed E-state index contributed by atoms with van der Waals surface area (Å²) >= 11 is 6.16. The molecule has 4 rings (SSSR count). The largest absolute Gasteiger partial charge is 0.326 e. The number of anilines is 1. The summed E-state index contributed by atoms with van der Waals surface area (Å²) in [7, 11) is -3.62. The predicted molar refractivity (Wildman–Crippen MR) is 108 cm³/mol. The van der Waals surface area contributed by atoms with Crippen LogP contribution in [-0.2, 0) is 14.8 Å². The van der Waals surface area contributed by atoms with Crippen LogP contribution in [0.15, 0.2) is 23.1 Å². The molecule has 2 aliphatic heterocycles. The van der Waals surface area contributed by atoms with Gasteiger partial charge in [-0.05, 0) is 68.8 Å². The summed E-state index contributed by atoms with van der Waals surface area (Å²) in [4.78, 5) is 12.7. The Bertz CT molecular complexity index is 819. The summed E-state index contributed by atoms with van der Waals surface area (Å²) in [5.74, 6) is 0.0117. The summed E-state index contributed by atoms with van der Waals surface area (Å²) in [5, 5.41) is 6.42. The van der Waals surface area contributed by atoms with Crippen molar-refractivity contribution < 1.29 is 13.2 Å². The standard InChI is InChI=1S/C18H24ClN3O3S.ClH/c19-15-4-3-13(11-16(15)26(24,25)22-9-1-2-10-22)21-17(23)14-12-18(14)5-7-20-8-6-18;/h3-4,11,14,20H,1-2,5-10,12H2,(H,21,23);1H. The number of halogens is 2. The van der Waals surface area contributed by atoms with Crippen LogP contribution in [-0.4, -0.2) is 44.8 Å². The van der Waals surface area contributed by atoms with Crippen molar-refractivity contribution in [3.63, 3.8) is 0 Å². The molecule has 1 spiro atoms. The molecule has 2 heterocycles. The lowest BCUT2D eigenvalue weighted by Gasteiger charge is -2.23. The van der Waals surface area contributed by atoms with E-state index in [1.165, 1.54) is 10.4 Å². The molecule has 150 valence electrons. The van der Waals surface area contributed by atoms with E-state index in [9.17, 15) is 13.2 Å². The molecule has 0 radical (unpaired) electrons. The molecular weight excluding hydrogens is 409 g/mol. The number of piperidine rings is 1. The summed E-state index contributed by atoms with van der Waals surface area (Å²) in [6, 6.07) is 4.71. The van der Waals surface area contributed by atoms with Crippen LogP contribution in [0.3, 0.4) is 0 Å². The molecule has 1 aromatic rings. The number of rotatable bonds is 4. The lowest BCUT2D eigenvalue weighted by atomic mass is 9.92. The van der Waals surface area contributed by atoms with Crippen LogP contribution < -0.4 is 10.6 Å². The molecule has 2 N–H and O–H groups in total. The van der Waals surface area contributed by atoms with Crippen molar-refractivity contribution in [3.8, 4) is 0 Å². The van der Waals surface area contributed by atoms with Crippen LogP contribution in [0, 0.1) is 11.3 Å². The van der Waals surface area contributed by atoms with Gasteiger partial charge in [0.2, 0.25) is 15.9 Å². The monoisotopic (exact) mass is 433 g/mol. The van der Waals surface area contributed by atoms with Crippen molar-refractivity contribution in [2.75, 3.05) is 31.5 Å². The number of benzene rings is 1. The Hall–Kier alpha value is -0.860. The number of sulfonamides is 1. The van der Waals surface area contributed by atoms with Gasteiger partial charge in [-0.3, -0.25) is 4.79 Å². The Labute approximate surface area is 171 Å². The molecule has 1 unspecified atom stereocenters. The Morgan fingerprint density at radius 2 is 1.89 bits per heavy atom. The SMILES string of the molecule is Cl.O=C(Nc1ccc(Cl)c(S(=O)(=O)N2CCCC2)c1)C1CC12CCNCC2. The van der Waals surface area contributed by atoms with Gasteiger partial charge >= 0.3 is 0 Å². The van der Waals surface area contributed by atoms with Crippen molar-refractivity contribution >= 4 is 45.6 Å².